The molecule has 2 rings (SSSR count). The van der Waals surface area contributed by atoms with Crippen molar-refractivity contribution in [2.24, 2.45) is 0 Å². The van der Waals surface area contributed by atoms with Crippen LogP contribution in [0.2, 0.25) is 0 Å². The number of benzene rings is 2. The van der Waals surface area contributed by atoms with Crippen LogP contribution in [-0.2, 0) is 0 Å². The number of rotatable bonds is 2. The predicted octanol–water partition coefficient (Wildman–Crippen LogP) is 4.31. The summed E-state index contributed by atoms with van der Waals surface area (Å²) < 4.78 is 0. The van der Waals surface area contributed by atoms with E-state index in [1.807, 2.05) is 66.8 Å². The lowest BCUT2D eigenvalue weighted by Gasteiger charge is -1.87. The van der Waals surface area contributed by atoms with Crippen LogP contribution in [0.5, 0.6) is 0 Å². The van der Waals surface area contributed by atoms with E-state index >= 15 is 0 Å². The molecule has 0 aliphatic rings. The molecule has 2 aromatic rings. The smallest absolute Gasteiger partial charge is 0.0248 e. The molecule has 0 heterocycles. The average molecular weight is 230 g/mol. The van der Waals surface area contributed by atoms with Crippen molar-refractivity contribution in [1.82, 2.24) is 0 Å². The van der Waals surface area contributed by atoms with E-state index in [9.17, 15) is 0 Å². The monoisotopic (exact) mass is 230 g/mol. The Morgan fingerprint density at radius 1 is 0.722 bits per heavy atom. The zero-order chi connectivity index (χ0) is 12.5. The quantitative estimate of drug-likeness (QED) is 0.533. The standard InChI is InChI=1S/C18H14/c1(5-11-17-13-7-3-8-14-17)2-6-12-18-15-9-4-10-16-18/h1-5,7-11,13-16H/b2-1+,11-5+. The highest BCUT2D eigenvalue weighted by molar-refractivity contribution is 5.51. The molecule has 0 aromatic heterocycles. The van der Waals surface area contributed by atoms with Gasteiger partial charge in [0.05, 0.1) is 0 Å². The molecule has 0 radical (unpaired) electrons. The van der Waals surface area contributed by atoms with E-state index in [0.717, 1.165) is 5.56 Å². The third-order valence-electron chi connectivity index (χ3n) is 2.37. The molecule has 0 nitrogen and oxygen atoms in total. The minimum absolute atomic E-state index is 1.04. The fourth-order valence-corrected chi connectivity index (χ4v) is 1.48. The van der Waals surface area contributed by atoms with Gasteiger partial charge in [0.15, 0.2) is 0 Å². The Bertz CT molecular complexity index is 578. The van der Waals surface area contributed by atoms with Gasteiger partial charge in [-0.3, -0.25) is 0 Å². The minimum Gasteiger partial charge on any atom is -0.0696 e. The van der Waals surface area contributed by atoms with Gasteiger partial charge < -0.3 is 0 Å². The van der Waals surface area contributed by atoms with Crippen molar-refractivity contribution in [1.29, 1.82) is 0 Å². The molecule has 0 heteroatoms. The highest BCUT2D eigenvalue weighted by atomic mass is 13.9. The van der Waals surface area contributed by atoms with Gasteiger partial charge in [0, 0.05) is 5.56 Å². The zero-order valence-corrected chi connectivity index (χ0v) is 10.1. The summed E-state index contributed by atoms with van der Waals surface area (Å²) in [4.78, 5) is 0. The molecule has 0 aliphatic heterocycles. The fraction of sp³-hybridized carbons (Fsp3) is 0. The van der Waals surface area contributed by atoms with Gasteiger partial charge in [0.25, 0.3) is 0 Å². The lowest BCUT2D eigenvalue weighted by atomic mass is 10.2. The second kappa shape index (κ2) is 6.93. The number of hydrogen-bond donors (Lipinski definition) is 0. The molecule has 0 fully saturated rings. The van der Waals surface area contributed by atoms with Crippen molar-refractivity contribution in [3.63, 3.8) is 0 Å². The molecule has 86 valence electrons. The highest BCUT2D eigenvalue weighted by Gasteiger charge is 1.80. The van der Waals surface area contributed by atoms with Gasteiger partial charge >= 0.3 is 0 Å². The molecule has 0 amide bonds. The normalized spacial score (nSPS) is 10.4. The Labute approximate surface area is 108 Å². The van der Waals surface area contributed by atoms with Crippen LogP contribution in [0.3, 0.4) is 0 Å². The summed E-state index contributed by atoms with van der Waals surface area (Å²) in [5, 5.41) is 0. The SMILES string of the molecule is C(#Cc1ccccc1)/C=C/C=C/c1ccccc1. The van der Waals surface area contributed by atoms with Crippen LogP contribution in [0, 0.1) is 11.8 Å². The summed E-state index contributed by atoms with van der Waals surface area (Å²) in [6, 6.07) is 20.2. The van der Waals surface area contributed by atoms with Crippen molar-refractivity contribution in [3.05, 3.63) is 90.0 Å². The van der Waals surface area contributed by atoms with Crippen LogP contribution in [0.1, 0.15) is 11.1 Å². The van der Waals surface area contributed by atoms with Crippen LogP contribution < -0.4 is 0 Å². The lowest BCUT2D eigenvalue weighted by molar-refractivity contribution is 1.65. The molecule has 0 unspecified atom stereocenters. The molecule has 0 atom stereocenters. The van der Waals surface area contributed by atoms with Gasteiger partial charge in [-0.15, -0.1) is 0 Å². The van der Waals surface area contributed by atoms with Crippen LogP contribution in [0.4, 0.5) is 0 Å². The summed E-state index contributed by atoms with van der Waals surface area (Å²) in [6.07, 6.45) is 7.85. The van der Waals surface area contributed by atoms with E-state index in [0.29, 0.717) is 0 Å². The van der Waals surface area contributed by atoms with Crippen molar-refractivity contribution in [2.45, 2.75) is 0 Å². The van der Waals surface area contributed by atoms with E-state index in [1.54, 1.807) is 0 Å². The first-order valence-corrected chi connectivity index (χ1v) is 5.90. The molecule has 0 bridgehead atoms. The van der Waals surface area contributed by atoms with E-state index in [1.165, 1.54) is 5.56 Å². The Kier molecular flexibility index (Phi) is 4.60. The van der Waals surface area contributed by atoms with Gasteiger partial charge in [0.2, 0.25) is 0 Å². The van der Waals surface area contributed by atoms with Crippen LogP contribution in [-0.4, -0.2) is 0 Å². The molecule has 0 spiro atoms. The average Bonchev–Trinajstić information content (AvgIpc) is 2.45. The number of allylic oxidation sites excluding steroid dienone is 3. The molecule has 0 aliphatic carbocycles. The van der Waals surface area contributed by atoms with Gasteiger partial charge in [-0.1, -0.05) is 78.6 Å². The molecule has 0 saturated heterocycles. The van der Waals surface area contributed by atoms with Crippen LogP contribution in [0.15, 0.2) is 78.9 Å². The first-order chi connectivity index (χ1) is 8.95. The molecule has 0 saturated carbocycles. The maximum absolute atomic E-state index is 3.07. The number of hydrogen-bond acceptors (Lipinski definition) is 0. The van der Waals surface area contributed by atoms with Crippen molar-refractivity contribution in [3.8, 4) is 11.8 Å². The summed E-state index contributed by atoms with van der Waals surface area (Å²) in [7, 11) is 0. The highest BCUT2D eigenvalue weighted by Crippen LogP contribution is 2.00. The third-order valence-corrected chi connectivity index (χ3v) is 2.37. The van der Waals surface area contributed by atoms with Crippen LogP contribution in [0.25, 0.3) is 6.08 Å². The molecular formula is C18H14. The first kappa shape index (κ1) is 12.0. The van der Waals surface area contributed by atoms with E-state index < -0.39 is 0 Å². The fourth-order valence-electron chi connectivity index (χ4n) is 1.48. The summed E-state index contributed by atoms with van der Waals surface area (Å²) in [5.74, 6) is 6.08. The summed E-state index contributed by atoms with van der Waals surface area (Å²) in [6.45, 7) is 0. The van der Waals surface area contributed by atoms with Gasteiger partial charge in [0.1, 0.15) is 0 Å². The lowest BCUT2D eigenvalue weighted by Crippen LogP contribution is -1.69. The Morgan fingerprint density at radius 3 is 2.11 bits per heavy atom. The molecule has 18 heavy (non-hydrogen) atoms. The minimum atomic E-state index is 1.04. The topological polar surface area (TPSA) is 0 Å². The Hall–Kier alpha value is -2.52. The molecule has 2 aromatic carbocycles. The second-order valence-electron chi connectivity index (χ2n) is 3.76. The summed E-state index contributed by atoms with van der Waals surface area (Å²) in [5.41, 5.74) is 2.23. The zero-order valence-electron chi connectivity index (χ0n) is 10.1. The van der Waals surface area contributed by atoms with Gasteiger partial charge in [-0.2, -0.15) is 0 Å². The molecule has 0 N–H and O–H groups in total. The van der Waals surface area contributed by atoms with Crippen molar-refractivity contribution < 1.29 is 0 Å². The van der Waals surface area contributed by atoms with E-state index in [2.05, 4.69) is 30.0 Å². The largest absolute Gasteiger partial charge is 0.0696 e. The van der Waals surface area contributed by atoms with Crippen LogP contribution >= 0.6 is 0 Å². The van der Waals surface area contributed by atoms with E-state index in [4.69, 9.17) is 0 Å². The predicted molar refractivity (Wildman–Crippen MR) is 77.9 cm³/mol. The maximum atomic E-state index is 3.07. The Morgan fingerprint density at radius 2 is 1.39 bits per heavy atom. The van der Waals surface area contributed by atoms with E-state index in [-0.39, 0.29) is 0 Å². The second-order valence-corrected chi connectivity index (χ2v) is 3.76. The van der Waals surface area contributed by atoms with Crippen molar-refractivity contribution >= 4 is 6.08 Å². The van der Waals surface area contributed by atoms with Gasteiger partial charge in [-0.05, 0) is 23.8 Å². The van der Waals surface area contributed by atoms with Crippen molar-refractivity contribution in [2.75, 3.05) is 0 Å². The third kappa shape index (κ3) is 4.15. The Balaban J connectivity index is 1.90. The van der Waals surface area contributed by atoms with Gasteiger partial charge in [-0.25, -0.2) is 0 Å². The summed E-state index contributed by atoms with van der Waals surface area (Å²) >= 11 is 0. The first-order valence-electron chi connectivity index (χ1n) is 5.90. The molecular weight excluding hydrogens is 216 g/mol. The maximum Gasteiger partial charge on any atom is 0.0248 e.